The van der Waals surface area contributed by atoms with Gasteiger partial charge in [0, 0.05) is 19.1 Å². The lowest BCUT2D eigenvalue weighted by atomic mass is 9.73. The minimum absolute atomic E-state index is 0.138. The van der Waals surface area contributed by atoms with Crippen LogP contribution in [0.15, 0.2) is 30.3 Å². The number of carboxylic acids is 1. The van der Waals surface area contributed by atoms with E-state index in [1.807, 2.05) is 25.1 Å². The number of nitrogens with two attached hydrogens (primary N) is 1. The van der Waals surface area contributed by atoms with Gasteiger partial charge in [0.2, 0.25) is 0 Å². The second kappa shape index (κ2) is 11.0. The summed E-state index contributed by atoms with van der Waals surface area (Å²) in [6.07, 6.45) is 4.85. The number of ether oxygens (including phenoxy) is 1. The molecule has 2 aromatic carbocycles. The van der Waals surface area contributed by atoms with Crippen LogP contribution in [0.4, 0.5) is 20.6 Å². The highest BCUT2D eigenvalue weighted by atomic mass is 19.1. The average Bonchev–Trinajstić information content (AvgIpc) is 2.89. The number of aliphatic carboxylic acids is 1. The third-order valence-corrected chi connectivity index (χ3v) is 8.21. The van der Waals surface area contributed by atoms with Gasteiger partial charge in [0.1, 0.15) is 5.82 Å². The lowest BCUT2D eigenvalue weighted by molar-refractivity contribution is -0.150. The third kappa shape index (κ3) is 5.53. The van der Waals surface area contributed by atoms with E-state index >= 15 is 0 Å². The molecule has 0 saturated heterocycles. The Bertz CT molecular complexity index is 1160. The van der Waals surface area contributed by atoms with Gasteiger partial charge in [-0.1, -0.05) is 37.5 Å². The van der Waals surface area contributed by atoms with Crippen molar-refractivity contribution < 1.29 is 23.8 Å². The minimum atomic E-state index is -0.870. The van der Waals surface area contributed by atoms with Crippen molar-refractivity contribution in [3.63, 3.8) is 0 Å². The van der Waals surface area contributed by atoms with E-state index in [2.05, 4.69) is 4.90 Å². The molecule has 3 N–H and O–H groups in total. The van der Waals surface area contributed by atoms with Gasteiger partial charge in [0.05, 0.1) is 30.4 Å². The predicted octanol–water partition coefficient (Wildman–Crippen LogP) is 5.31. The van der Waals surface area contributed by atoms with Gasteiger partial charge in [-0.2, -0.15) is 0 Å². The van der Waals surface area contributed by atoms with Crippen LogP contribution in [0.1, 0.15) is 61.3 Å². The van der Waals surface area contributed by atoms with Gasteiger partial charge in [-0.05, 0) is 73.9 Å². The standard InChI is InChI=1S/C29H38FN3O4/c1-19-7-8-21(16-24(19)30)15-20(2)33(18-29(27(34)35)12-5-4-6-13-29)25-10-9-22-11-14-32(28(36)37-3)17-23(22)26(25)31/h7-10,16,20H,4-6,11-15,17-18,31H2,1-3H3,(H,34,35)/t20-/m1/s1. The van der Waals surface area contributed by atoms with Crippen LogP contribution < -0.4 is 10.6 Å². The van der Waals surface area contributed by atoms with Crippen LogP contribution >= 0.6 is 0 Å². The molecule has 7 nitrogen and oxygen atoms in total. The second-order valence-corrected chi connectivity index (χ2v) is 10.7. The number of nitrogens with zero attached hydrogens (tertiary/aromatic N) is 2. The molecule has 2 aliphatic rings. The molecule has 37 heavy (non-hydrogen) atoms. The number of hydrogen-bond acceptors (Lipinski definition) is 5. The second-order valence-electron chi connectivity index (χ2n) is 10.7. The number of benzene rings is 2. The lowest BCUT2D eigenvalue weighted by Gasteiger charge is -2.42. The van der Waals surface area contributed by atoms with Gasteiger partial charge in [-0.3, -0.25) is 4.79 Å². The van der Waals surface area contributed by atoms with Crippen LogP contribution in [0.5, 0.6) is 0 Å². The van der Waals surface area contributed by atoms with Crippen molar-refractivity contribution >= 4 is 23.4 Å². The zero-order valence-electron chi connectivity index (χ0n) is 22.1. The Balaban J connectivity index is 1.73. The van der Waals surface area contributed by atoms with Crippen molar-refractivity contribution in [2.45, 2.75) is 71.4 Å². The summed E-state index contributed by atoms with van der Waals surface area (Å²) < 4.78 is 19.2. The van der Waals surface area contributed by atoms with Crippen LogP contribution in [0.2, 0.25) is 0 Å². The van der Waals surface area contributed by atoms with E-state index in [9.17, 15) is 19.1 Å². The first-order valence-electron chi connectivity index (χ1n) is 13.1. The Labute approximate surface area is 218 Å². The van der Waals surface area contributed by atoms with Crippen LogP contribution in [0, 0.1) is 18.2 Å². The molecule has 1 saturated carbocycles. The van der Waals surface area contributed by atoms with Crippen molar-refractivity contribution in [3.05, 3.63) is 58.4 Å². The Morgan fingerprint density at radius 1 is 1.22 bits per heavy atom. The Hall–Kier alpha value is -3.29. The van der Waals surface area contributed by atoms with E-state index in [-0.39, 0.29) is 11.9 Å². The normalized spacial score (nSPS) is 17.6. The number of carbonyl (C=O) groups excluding carboxylic acids is 1. The van der Waals surface area contributed by atoms with Gasteiger partial charge in [0.15, 0.2) is 0 Å². The Morgan fingerprint density at radius 3 is 2.59 bits per heavy atom. The van der Waals surface area contributed by atoms with Crippen molar-refractivity contribution in [3.8, 4) is 0 Å². The summed E-state index contributed by atoms with van der Waals surface area (Å²) >= 11 is 0. The fourth-order valence-corrected chi connectivity index (χ4v) is 5.87. The highest BCUT2D eigenvalue weighted by Crippen LogP contribution is 2.41. The summed E-state index contributed by atoms with van der Waals surface area (Å²) in [6, 6.07) is 9.13. The molecule has 0 spiro atoms. The van der Waals surface area contributed by atoms with Crippen LogP contribution in [0.3, 0.4) is 0 Å². The first kappa shape index (κ1) is 26.8. The number of methoxy groups -OCH3 is 1. The molecule has 1 amide bonds. The quantitative estimate of drug-likeness (QED) is 0.489. The van der Waals surface area contributed by atoms with Gasteiger partial charge in [-0.25, -0.2) is 9.18 Å². The monoisotopic (exact) mass is 511 g/mol. The average molecular weight is 512 g/mol. The molecule has 1 aliphatic carbocycles. The Morgan fingerprint density at radius 2 is 1.95 bits per heavy atom. The number of aryl methyl sites for hydroxylation is 1. The maximum absolute atomic E-state index is 14.3. The Kier molecular flexibility index (Phi) is 7.95. The zero-order chi connectivity index (χ0) is 26.7. The number of amides is 1. The van der Waals surface area contributed by atoms with Crippen molar-refractivity contribution in [1.82, 2.24) is 4.90 Å². The van der Waals surface area contributed by atoms with E-state index in [1.54, 1.807) is 24.0 Å². The molecule has 4 rings (SSSR count). The van der Waals surface area contributed by atoms with E-state index in [0.717, 1.165) is 41.6 Å². The van der Waals surface area contributed by atoms with E-state index in [1.165, 1.54) is 7.11 Å². The SMILES string of the molecule is COC(=O)N1CCc2ccc(N(CC3(C(=O)O)CCCCC3)[C@H](C)Cc3ccc(C)c(F)c3)c(N)c2C1. The third-order valence-electron chi connectivity index (χ3n) is 8.21. The highest BCUT2D eigenvalue weighted by Gasteiger charge is 2.42. The summed E-state index contributed by atoms with van der Waals surface area (Å²) in [5.74, 6) is -1.03. The molecule has 0 bridgehead atoms. The summed E-state index contributed by atoms with van der Waals surface area (Å²) in [6.45, 7) is 4.99. The zero-order valence-corrected chi connectivity index (χ0v) is 22.1. The predicted molar refractivity (Wildman–Crippen MR) is 142 cm³/mol. The molecule has 0 unspecified atom stereocenters. The molecule has 1 heterocycles. The van der Waals surface area contributed by atoms with Gasteiger partial charge < -0.3 is 25.4 Å². The number of halogens is 1. The van der Waals surface area contributed by atoms with Gasteiger partial charge in [0.25, 0.3) is 0 Å². The minimum Gasteiger partial charge on any atom is -0.481 e. The first-order valence-corrected chi connectivity index (χ1v) is 13.1. The van der Waals surface area contributed by atoms with Crippen LogP contribution in [-0.2, 0) is 28.9 Å². The molecule has 2 aromatic rings. The summed E-state index contributed by atoms with van der Waals surface area (Å²) in [7, 11) is 1.37. The van der Waals surface area contributed by atoms with Crippen molar-refractivity contribution in [2.24, 2.45) is 5.41 Å². The molecule has 1 aliphatic heterocycles. The number of carboxylic acid groups (broad SMARTS) is 1. The molecule has 8 heteroatoms. The number of nitrogen functional groups attached to an aromatic ring is 1. The highest BCUT2D eigenvalue weighted by molar-refractivity contribution is 5.79. The van der Waals surface area contributed by atoms with Gasteiger partial charge in [-0.15, -0.1) is 0 Å². The van der Waals surface area contributed by atoms with E-state index in [4.69, 9.17) is 10.5 Å². The van der Waals surface area contributed by atoms with Gasteiger partial charge >= 0.3 is 12.1 Å². The maximum Gasteiger partial charge on any atom is 0.409 e. The molecule has 1 fully saturated rings. The lowest BCUT2D eigenvalue weighted by Crippen LogP contribution is -2.48. The molecule has 0 aromatic heterocycles. The van der Waals surface area contributed by atoms with Crippen molar-refractivity contribution in [2.75, 3.05) is 30.8 Å². The first-order chi connectivity index (χ1) is 17.6. The number of fused-ring (bicyclic) bond motifs is 1. The maximum atomic E-state index is 14.3. The molecule has 1 atom stereocenters. The smallest absolute Gasteiger partial charge is 0.409 e. The van der Waals surface area contributed by atoms with E-state index in [0.29, 0.717) is 56.6 Å². The van der Waals surface area contributed by atoms with E-state index < -0.39 is 17.5 Å². The summed E-state index contributed by atoms with van der Waals surface area (Å²) in [5, 5.41) is 10.3. The number of rotatable bonds is 7. The summed E-state index contributed by atoms with van der Waals surface area (Å²) in [4.78, 5) is 28.5. The van der Waals surface area contributed by atoms with Crippen molar-refractivity contribution in [1.29, 1.82) is 0 Å². The number of hydrogen-bond donors (Lipinski definition) is 2. The molecule has 200 valence electrons. The van der Waals surface area contributed by atoms with Crippen LogP contribution in [0.25, 0.3) is 0 Å². The fraction of sp³-hybridized carbons (Fsp3) is 0.517. The largest absolute Gasteiger partial charge is 0.481 e. The molecular weight excluding hydrogens is 473 g/mol. The molecule has 0 radical (unpaired) electrons. The number of carbonyl (C=O) groups is 2. The number of anilines is 2. The summed E-state index contributed by atoms with van der Waals surface area (Å²) in [5.41, 5.74) is 10.6. The van der Waals surface area contributed by atoms with Crippen LogP contribution in [-0.4, -0.2) is 48.3 Å². The molecular formula is C29H38FN3O4. The topological polar surface area (TPSA) is 96.1 Å². The fourth-order valence-electron chi connectivity index (χ4n) is 5.87.